The molecule has 2 amide bonds. The Kier molecular flexibility index (Phi) is 9.99. The number of ether oxygens (including phenoxy) is 2. The predicted molar refractivity (Wildman–Crippen MR) is 117 cm³/mol. The number of halogens is 1. The maximum Gasteiger partial charge on any atom is 0.262 e. The summed E-state index contributed by atoms with van der Waals surface area (Å²) in [5.74, 6) is 0.538. The van der Waals surface area contributed by atoms with E-state index in [-0.39, 0.29) is 36.7 Å². The zero-order valence-electron chi connectivity index (χ0n) is 16.8. The monoisotopic (exact) mass is 421 g/mol. The average molecular weight is 422 g/mol. The van der Waals surface area contributed by atoms with Crippen molar-refractivity contribution in [2.45, 2.75) is 26.3 Å². The minimum atomic E-state index is -0.586. The van der Waals surface area contributed by atoms with E-state index in [1.807, 2.05) is 19.9 Å². The number of rotatable bonds is 9. The zero-order valence-corrected chi connectivity index (χ0v) is 17.6. The van der Waals surface area contributed by atoms with Crippen molar-refractivity contribution in [1.82, 2.24) is 0 Å². The fraction of sp³-hybridized carbons (Fsp3) is 0.333. The molecule has 29 heavy (non-hydrogen) atoms. The van der Waals surface area contributed by atoms with Gasteiger partial charge in [0.2, 0.25) is 5.91 Å². The predicted octanol–water partition coefficient (Wildman–Crippen LogP) is 3.45. The highest BCUT2D eigenvalue weighted by Crippen LogP contribution is 2.25. The molecule has 2 unspecified atom stereocenters. The number of amides is 2. The van der Waals surface area contributed by atoms with Gasteiger partial charge in [-0.1, -0.05) is 38.5 Å². The van der Waals surface area contributed by atoms with Crippen LogP contribution >= 0.6 is 12.4 Å². The van der Waals surface area contributed by atoms with Gasteiger partial charge < -0.3 is 25.8 Å². The van der Waals surface area contributed by atoms with Crippen LogP contribution in [-0.4, -0.2) is 31.6 Å². The lowest BCUT2D eigenvalue weighted by atomic mass is 9.99. The summed E-state index contributed by atoms with van der Waals surface area (Å²) >= 11 is 0. The molecular weight excluding hydrogens is 394 g/mol. The number of methoxy groups -OCH3 is 1. The van der Waals surface area contributed by atoms with Crippen LogP contribution < -0.4 is 25.8 Å². The first-order valence-electron chi connectivity index (χ1n) is 9.16. The Balaban J connectivity index is 0.00000420. The van der Waals surface area contributed by atoms with E-state index < -0.39 is 6.04 Å². The standard InChI is InChI=1S/C21H27N3O4.ClH/c1-4-14(2)20(22)21(26)24-16-9-7-8-15(12-16)23-19(25)13-28-18-11-6-5-10-17(18)27-3;/h5-12,14,20H,4,13,22H2,1-3H3,(H,23,25)(H,24,26);1H. The largest absolute Gasteiger partial charge is 0.493 e. The van der Waals surface area contributed by atoms with Gasteiger partial charge in [0.25, 0.3) is 5.91 Å². The molecular formula is C21H28ClN3O4. The molecule has 0 bridgehead atoms. The zero-order chi connectivity index (χ0) is 20.5. The van der Waals surface area contributed by atoms with Crippen molar-refractivity contribution >= 4 is 35.6 Å². The Morgan fingerprint density at radius 2 is 1.66 bits per heavy atom. The first-order chi connectivity index (χ1) is 13.4. The van der Waals surface area contributed by atoms with E-state index in [9.17, 15) is 9.59 Å². The fourth-order valence-corrected chi connectivity index (χ4v) is 2.49. The Hall–Kier alpha value is -2.77. The van der Waals surface area contributed by atoms with Crippen molar-refractivity contribution in [2.75, 3.05) is 24.4 Å². The SMILES string of the molecule is CCC(C)C(N)C(=O)Nc1cccc(NC(=O)COc2ccccc2OC)c1.Cl. The lowest BCUT2D eigenvalue weighted by Crippen LogP contribution is -2.40. The highest BCUT2D eigenvalue weighted by Gasteiger charge is 2.19. The summed E-state index contributed by atoms with van der Waals surface area (Å²) in [7, 11) is 1.54. The number of benzene rings is 2. The van der Waals surface area contributed by atoms with Crippen molar-refractivity contribution in [2.24, 2.45) is 11.7 Å². The maximum absolute atomic E-state index is 12.2. The second-order valence-corrected chi connectivity index (χ2v) is 6.47. The van der Waals surface area contributed by atoms with Gasteiger partial charge in [-0.15, -0.1) is 12.4 Å². The van der Waals surface area contributed by atoms with Crippen LogP contribution in [0.5, 0.6) is 11.5 Å². The summed E-state index contributed by atoms with van der Waals surface area (Å²) in [5, 5.41) is 5.52. The molecule has 0 radical (unpaired) electrons. The van der Waals surface area contributed by atoms with Gasteiger partial charge in [0.1, 0.15) is 0 Å². The Bertz CT molecular complexity index is 816. The van der Waals surface area contributed by atoms with Crippen molar-refractivity contribution in [3.8, 4) is 11.5 Å². The van der Waals surface area contributed by atoms with Gasteiger partial charge in [0.15, 0.2) is 18.1 Å². The molecule has 0 spiro atoms. The second kappa shape index (κ2) is 11.9. The average Bonchev–Trinajstić information content (AvgIpc) is 2.71. The van der Waals surface area contributed by atoms with Gasteiger partial charge >= 0.3 is 0 Å². The summed E-state index contributed by atoms with van der Waals surface area (Å²) in [5.41, 5.74) is 7.05. The third kappa shape index (κ3) is 7.29. The van der Waals surface area contributed by atoms with Gasteiger partial charge in [0.05, 0.1) is 13.2 Å². The van der Waals surface area contributed by atoms with Gasteiger partial charge in [-0.3, -0.25) is 9.59 Å². The number of para-hydroxylation sites is 2. The lowest BCUT2D eigenvalue weighted by Gasteiger charge is -2.18. The number of nitrogens with two attached hydrogens (primary N) is 1. The van der Waals surface area contributed by atoms with Gasteiger partial charge in [-0.05, 0) is 36.2 Å². The molecule has 8 heteroatoms. The van der Waals surface area contributed by atoms with Gasteiger partial charge in [0, 0.05) is 11.4 Å². The Labute approximate surface area is 177 Å². The molecule has 0 aliphatic carbocycles. The smallest absolute Gasteiger partial charge is 0.262 e. The maximum atomic E-state index is 12.2. The molecule has 158 valence electrons. The number of carbonyl (C=O) groups is 2. The molecule has 7 nitrogen and oxygen atoms in total. The van der Waals surface area contributed by atoms with Crippen LogP contribution in [0.25, 0.3) is 0 Å². The third-order valence-corrected chi connectivity index (χ3v) is 4.40. The molecule has 0 saturated heterocycles. The summed E-state index contributed by atoms with van der Waals surface area (Å²) < 4.78 is 10.7. The number of carbonyl (C=O) groups excluding carboxylic acids is 2. The number of hydrogen-bond acceptors (Lipinski definition) is 5. The topological polar surface area (TPSA) is 103 Å². The van der Waals surface area contributed by atoms with E-state index in [1.165, 1.54) is 7.11 Å². The number of hydrogen-bond donors (Lipinski definition) is 3. The Morgan fingerprint density at radius 1 is 1.03 bits per heavy atom. The van der Waals surface area contributed by atoms with E-state index in [0.29, 0.717) is 22.9 Å². The van der Waals surface area contributed by atoms with Crippen LogP contribution in [0.3, 0.4) is 0 Å². The number of nitrogens with one attached hydrogen (secondary N) is 2. The molecule has 2 rings (SSSR count). The quantitative estimate of drug-likeness (QED) is 0.575. The van der Waals surface area contributed by atoms with Crippen molar-refractivity contribution in [3.63, 3.8) is 0 Å². The summed E-state index contributed by atoms with van der Waals surface area (Å²) in [6, 6.07) is 13.4. The lowest BCUT2D eigenvalue weighted by molar-refractivity contribution is -0.119. The summed E-state index contributed by atoms with van der Waals surface area (Å²) in [6.45, 7) is 3.75. The second-order valence-electron chi connectivity index (χ2n) is 6.47. The first-order valence-corrected chi connectivity index (χ1v) is 9.16. The molecule has 2 aromatic carbocycles. The Morgan fingerprint density at radius 3 is 2.28 bits per heavy atom. The molecule has 0 aliphatic rings. The highest BCUT2D eigenvalue weighted by molar-refractivity contribution is 5.96. The van der Waals surface area contributed by atoms with Crippen LogP contribution in [0.15, 0.2) is 48.5 Å². The fourth-order valence-electron chi connectivity index (χ4n) is 2.49. The molecule has 0 saturated carbocycles. The van der Waals surface area contributed by atoms with Crippen LogP contribution in [0, 0.1) is 5.92 Å². The molecule has 2 atom stereocenters. The van der Waals surface area contributed by atoms with Gasteiger partial charge in [-0.25, -0.2) is 0 Å². The van der Waals surface area contributed by atoms with Crippen LogP contribution in [0.2, 0.25) is 0 Å². The van der Waals surface area contributed by atoms with E-state index in [4.69, 9.17) is 15.2 Å². The van der Waals surface area contributed by atoms with Crippen LogP contribution in [0.1, 0.15) is 20.3 Å². The van der Waals surface area contributed by atoms with Crippen LogP contribution in [0.4, 0.5) is 11.4 Å². The normalized spacial score (nSPS) is 12.1. The third-order valence-electron chi connectivity index (χ3n) is 4.40. The van der Waals surface area contributed by atoms with E-state index in [0.717, 1.165) is 6.42 Å². The van der Waals surface area contributed by atoms with Gasteiger partial charge in [-0.2, -0.15) is 0 Å². The van der Waals surface area contributed by atoms with Crippen molar-refractivity contribution in [1.29, 1.82) is 0 Å². The molecule has 0 heterocycles. The molecule has 0 aliphatic heterocycles. The summed E-state index contributed by atoms with van der Waals surface area (Å²) in [4.78, 5) is 24.4. The highest BCUT2D eigenvalue weighted by atomic mass is 35.5. The van der Waals surface area contributed by atoms with Crippen molar-refractivity contribution in [3.05, 3.63) is 48.5 Å². The van der Waals surface area contributed by atoms with E-state index >= 15 is 0 Å². The molecule has 0 aromatic heterocycles. The molecule has 0 fully saturated rings. The summed E-state index contributed by atoms with van der Waals surface area (Å²) in [6.07, 6.45) is 0.816. The van der Waals surface area contributed by atoms with E-state index in [1.54, 1.807) is 42.5 Å². The molecule has 2 aromatic rings. The van der Waals surface area contributed by atoms with Crippen molar-refractivity contribution < 1.29 is 19.1 Å². The van der Waals surface area contributed by atoms with E-state index in [2.05, 4.69) is 10.6 Å². The van der Waals surface area contributed by atoms with Crippen LogP contribution in [-0.2, 0) is 9.59 Å². The number of anilines is 2. The minimum Gasteiger partial charge on any atom is -0.493 e. The first kappa shape index (κ1) is 24.3. The minimum absolute atomic E-state index is 0. The molecule has 4 N–H and O–H groups in total.